The monoisotopic (exact) mass is 437 g/mol. The van der Waals surface area contributed by atoms with Crippen LogP contribution in [0.25, 0.3) is 0 Å². The summed E-state index contributed by atoms with van der Waals surface area (Å²) < 4.78 is 7.80. The van der Waals surface area contributed by atoms with Gasteiger partial charge in [-0.1, -0.05) is 36.8 Å². The van der Waals surface area contributed by atoms with Crippen LogP contribution < -0.4 is 4.74 Å². The van der Waals surface area contributed by atoms with Crippen LogP contribution in [0, 0.1) is 6.92 Å². The van der Waals surface area contributed by atoms with E-state index in [1.165, 1.54) is 5.56 Å². The third-order valence-electron chi connectivity index (χ3n) is 3.59. The van der Waals surface area contributed by atoms with Crippen molar-refractivity contribution in [2.45, 2.75) is 39.8 Å². The van der Waals surface area contributed by atoms with Gasteiger partial charge in [-0.05, 0) is 75.4 Å². The minimum Gasteiger partial charge on any atom is -0.487 e. The van der Waals surface area contributed by atoms with E-state index in [-0.39, 0.29) is 0 Å². The van der Waals surface area contributed by atoms with Gasteiger partial charge in [-0.15, -0.1) is 0 Å². The Kier molecular flexibility index (Phi) is 6.85. The van der Waals surface area contributed by atoms with Crippen LogP contribution >= 0.6 is 31.9 Å². The second kappa shape index (κ2) is 8.65. The van der Waals surface area contributed by atoms with Crippen molar-refractivity contribution in [3.63, 3.8) is 0 Å². The Morgan fingerprint density at radius 2 is 1.74 bits per heavy atom. The molecule has 4 heteroatoms. The highest BCUT2D eigenvalue weighted by molar-refractivity contribution is 9.11. The summed E-state index contributed by atoms with van der Waals surface area (Å²) in [5, 5.41) is 0. The maximum Gasteiger partial charge on any atom is 0.148 e. The number of aliphatic imine (C=N–C) groups is 1. The number of rotatable bonds is 6. The van der Waals surface area contributed by atoms with E-state index in [1.807, 2.05) is 18.3 Å². The minimum atomic E-state index is 0.338. The molecule has 0 saturated heterocycles. The average molecular weight is 439 g/mol. The molecule has 0 saturated carbocycles. The van der Waals surface area contributed by atoms with E-state index in [0.717, 1.165) is 32.2 Å². The van der Waals surface area contributed by atoms with Gasteiger partial charge in [0, 0.05) is 12.3 Å². The van der Waals surface area contributed by atoms with Crippen molar-refractivity contribution >= 4 is 38.1 Å². The maximum atomic E-state index is 5.96. The summed E-state index contributed by atoms with van der Waals surface area (Å²) in [7, 11) is 0. The van der Waals surface area contributed by atoms with Crippen LogP contribution in [0.3, 0.4) is 0 Å². The van der Waals surface area contributed by atoms with E-state index in [1.54, 1.807) is 0 Å². The van der Waals surface area contributed by atoms with Gasteiger partial charge in [-0.25, -0.2) is 0 Å². The van der Waals surface area contributed by atoms with Gasteiger partial charge in [-0.2, -0.15) is 0 Å². The van der Waals surface area contributed by atoms with Crippen molar-refractivity contribution in [2.24, 2.45) is 4.99 Å². The van der Waals surface area contributed by atoms with Gasteiger partial charge < -0.3 is 4.74 Å². The highest BCUT2D eigenvalue weighted by Crippen LogP contribution is 2.35. The van der Waals surface area contributed by atoms with Gasteiger partial charge in [-0.3, -0.25) is 4.99 Å². The third kappa shape index (κ3) is 5.47. The molecule has 2 aromatic rings. The molecule has 2 nitrogen and oxygen atoms in total. The van der Waals surface area contributed by atoms with Crippen LogP contribution in [0.2, 0.25) is 0 Å². The van der Waals surface area contributed by atoms with Crippen molar-refractivity contribution < 1.29 is 4.74 Å². The van der Waals surface area contributed by atoms with Gasteiger partial charge in [0.15, 0.2) is 0 Å². The van der Waals surface area contributed by atoms with Gasteiger partial charge >= 0.3 is 0 Å². The molecule has 0 aliphatic heterocycles. The Labute approximate surface area is 155 Å². The van der Waals surface area contributed by atoms with E-state index in [4.69, 9.17) is 4.74 Å². The molecule has 0 spiro atoms. The van der Waals surface area contributed by atoms with Crippen molar-refractivity contribution in [2.75, 3.05) is 0 Å². The largest absolute Gasteiger partial charge is 0.487 e. The first-order valence-electron chi connectivity index (χ1n) is 7.70. The molecule has 2 rings (SSSR count). The molecule has 1 unspecified atom stereocenters. The fourth-order valence-corrected chi connectivity index (χ4v) is 3.40. The molecule has 0 aliphatic carbocycles. The van der Waals surface area contributed by atoms with Crippen molar-refractivity contribution in [1.82, 2.24) is 0 Å². The van der Waals surface area contributed by atoms with Gasteiger partial charge in [0.1, 0.15) is 12.4 Å². The molecule has 0 fully saturated rings. The highest BCUT2D eigenvalue weighted by atomic mass is 79.9. The molecule has 23 heavy (non-hydrogen) atoms. The smallest absolute Gasteiger partial charge is 0.148 e. The zero-order valence-electron chi connectivity index (χ0n) is 13.6. The number of hydrogen-bond donors (Lipinski definition) is 0. The second-order valence-corrected chi connectivity index (χ2v) is 7.33. The number of benzene rings is 2. The van der Waals surface area contributed by atoms with Crippen molar-refractivity contribution in [3.05, 3.63) is 62.0 Å². The summed E-state index contributed by atoms with van der Waals surface area (Å²) in [4.78, 5) is 4.52. The van der Waals surface area contributed by atoms with E-state index in [9.17, 15) is 0 Å². The van der Waals surface area contributed by atoms with Crippen molar-refractivity contribution in [3.8, 4) is 5.75 Å². The van der Waals surface area contributed by atoms with Crippen LogP contribution in [0.4, 0.5) is 0 Å². The van der Waals surface area contributed by atoms with E-state index >= 15 is 0 Å². The Morgan fingerprint density at radius 3 is 2.30 bits per heavy atom. The fourth-order valence-electron chi connectivity index (χ4n) is 1.95. The second-order valence-electron chi connectivity index (χ2n) is 5.62. The third-order valence-corrected chi connectivity index (χ3v) is 4.77. The first-order valence-corrected chi connectivity index (χ1v) is 9.28. The van der Waals surface area contributed by atoms with E-state index < -0.39 is 0 Å². The number of halogens is 2. The lowest BCUT2D eigenvalue weighted by atomic mass is 10.2. The zero-order valence-corrected chi connectivity index (χ0v) is 16.8. The molecule has 0 bridgehead atoms. The lowest BCUT2D eigenvalue weighted by Crippen LogP contribution is -1.99. The lowest BCUT2D eigenvalue weighted by Gasteiger charge is -2.12. The Balaban J connectivity index is 2.10. The predicted molar refractivity (Wildman–Crippen MR) is 105 cm³/mol. The first-order chi connectivity index (χ1) is 11.0. The quantitative estimate of drug-likeness (QED) is 0.483. The van der Waals surface area contributed by atoms with Crippen LogP contribution in [0.5, 0.6) is 5.75 Å². The summed E-state index contributed by atoms with van der Waals surface area (Å²) >= 11 is 7.18. The number of hydrogen-bond acceptors (Lipinski definition) is 2. The van der Waals surface area contributed by atoms with Crippen LogP contribution in [0.15, 0.2) is 50.3 Å². The topological polar surface area (TPSA) is 21.6 Å². The van der Waals surface area contributed by atoms with Gasteiger partial charge in [0.2, 0.25) is 0 Å². The molecular formula is C19H21Br2NO. The van der Waals surface area contributed by atoms with Gasteiger partial charge in [0.05, 0.1) is 8.95 Å². The van der Waals surface area contributed by atoms with E-state index in [0.29, 0.717) is 12.6 Å². The Hall–Kier alpha value is -1.13. The molecule has 1 atom stereocenters. The average Bonchev–Trinajstić information content (AvgIpc) is 2.53. The molecule has 0 amide bonds. The minimum absolute atomic E-state index is 0.338. The summed E-state index contributed by atoms with van der Waals surface area (Å²) in [5.41, 5.74) is 3.45. The maximum absolute atomic E-state index is 5.96. The molecule has 2 aromatic carbocycles. The molecule has 122 valence electrons. The summed E-state index contributed by atoms with van der Waals surface area (Å²) in [5.74, 6) is 0.811. The molecule has 0 aromatic heterocycles. The predicted octanol–water partition coefficient (Wildman–Crippen LogP) is 6.32. The van der Waals surface area contributed by atoms with Crippen LogP contribution in [-0.4, -0.2) is 12.3 Å². The highest BCUT2D eigenvalue weighted by Gasteiger charge is 2.09. The number of aryl methyl sites for hydroxylation is 1. The molecule has 0 heterocycles. The van der Waals surface area contributed by atoms with Crippen LogP contribution in [0.1, 0.15) is 37.0 Å². The lowest BCUT2D eigenvalue weighted by molar-refractivity contribution is 0.302. The zero-order chi connectivity index (χ0) is 16.8. The Morgan fingerprint density at radius 1 is 1.13 bits per heavy atom. The molecular weight excluding hydrogens is 418 g/mol. The Bertz CT molecular complexity index is 657. The van der Waals surface area contributed by atoms with Crippen LogP contribution in [-0.2, 0) is 6.61 Å². The number of ether oxygens (including phenoxy) is 1. The van der Waals surface area contributed by atoms with Crippen molar-refractivity contribution in [1.29, 1.82) is 0 Å². The summed E-state index contributed by atoms with van der Waals surface area (Å²) in [6.45, 7) is 6.87. The molecule has 0 aliphatic rings. The first kappa shape index (κ1) is 18.2. The standard InChI is InChI=1S/C19H21Br2NO/c1-4-14(3)22-11-16-9-17(20)19(18(21)10-16)23-12-15-7-5-13(2)6-8-15/h5-11,14H,4,12H2,1-3H3. The van der Waals surface area contributed by atoms with Gasteiger partial charge in [0.25, 0.3) is 0 Å². The molecule has 0 N–H and O–H groups in total. The molecule has 0 radical (unpaired) electrons. The summed E-state index contributed by atoms with van der Waals surface area (Å²) in [6, 6.07) is 12.8. The fraction of sp³-hybridized carbons (Fsp3) is 0.316. The SMILES string of the molecule is CCC(C)N=Cc1cc(Br)c(OCc2ccc(C)cc2)c(Br)c1. The normalized spacial score (nSPS) is 12.6. The summed E-state index contributed by atoms with van der Waals surface area (Å²) in [6.07, 6.45) is 2.95. The number of nitrogens with zero attached hydrogens (tertiary/aromatic N) is 1. The van der Waals surface area contributed by atoms with E-state index in [2.05, 4.69) is 81.9 Å².